The van der Waals surface area contributed by atoms with Crippen LogP contribution in [0.1, 0.15) is 34.1 Å². The van der Waals surface area contributed by atoms with Gasteiger partial charge in [0.25, 0.3) is 5.91 Å². The van der Waals surface area contributed by atoms with E-state index in [0.29, 0.717) is 45.4 Å². The van der Waals surface area contributed by atoms with Gasteiger partial charge in [0.2, 0.25) is 0 Å². The minimum absolute atomic E-state index is 0.128. The summed E-state index contributed by atoms with van der Waals surface area (Å²) in [5.74, 6) is -0.361. The fourth-order valence-corrected chi connectivity index (χ4v) is 4.20. The largest absolute Gasteiger partial charge is 0.416 e. The monoisotopic (exact) mass is 494 g/mol. The van der Waals surface area contributed by atoms with Crippen LogP contribution in [0.3, 0.4) is 0 Å². The Labute approximate surface area is 203 Å². The van der Waals surface area contributed by atoms with Crippen molar-refractivity contribution in [2.75, 3.05) is 6.61 Å². The first-order valence-corrected chi connectivity index (χ1v) is 11.1. The number of rotatable bonds is 6. The van der Waals surface area contributed by atoms with Crippen molar-refractivity contribution in [2.24, 2.45) is 7.05 Å². The Kier molecular flexibility index (Phi) is 5.92. The number of fused-ring (bicyclic) bond motifs is 3. The first-order chi connectivity index (χ1) is 17.3. The number of alkyl halides is 3. The van der Waals surface area contributed by atoms with Crippen LogP contribution in [0.4, 0.5) is 13.2 Å². The number of aliphatic hydroxyl groups is 1. The predicted octanol–water partition coefficient (Wildman–Crippen LogP) is 4.18. The summed E-state index contributed by atoms with van der Waals surface area (Å²) in [7, 11) is 1.64. The third-order valence-corrected chi connectivity index (χ3v) is 5.88. The zero-order chi connectivity index (χ0) is 25.4. The van der Waals surface area contributed by atoms with Crippen molar-refractivity contribution in [1.82, 2.24) is 29.9 Å². The van der Waals surface area contributed by atoms with E-state index in [2.05, 4.69) is 20.5 Å². The number of halogens is 3. The van der Waals surface area contributed by atoms with Crippen molar-refractivity contribution >= 4 is 28.0 Å². The molecule has 0 radical (unpaired) electrons. The number of carbonyl (C=O) groups excluding carboxylic acids is 1. The summed E-state index contributed by atoms with van der Waals surface area (Å²) in [5, 5.41) is 21.8. The number of aromatic nitrogens is 5. The van der Waals surface area contributed by atoms with Crippen LogP contribution in [0.15, 0.2) is 66.9 Å². The van der Waals surface area contributed by atoms with Gasteiger partial charge in [0.15, 0.2) is 5.65 Å². The summed E-state index contributed by atoms with van der Waals surface area (Å²) < 4.78 is 40.9. The van der Waals surface area contributed by atoms with E-state index in [-0.39, 0.29) is 12.5 Å². The summed E-state index contributed by atoms with van der Waals surface area (Å²) in [4.78, 5) is 18.8. The van der Waals surface area contributed by atoms with E-state index >= 15 is 0 Å². The van der Waals surface area contributed by atoms with Crippen molar-refractivity contribution in [3.63, 3.8) is 0 Å². The molecule has 0 fully saturated rings. The highest BCUT2D eigenvalue weighted by atomic mass is 19.4. The van der Waals surface area contributed by atoms with Crippen LogP contribution in [-0.4, -0.2) is 42.2 Å². The van der Waals surface area contributed by atoms with E-state index in [1.807, 2.05) is 0 Å². The highest BCUT2D eigenvalue weighted by Crippen LogP contribution is 2.33. The minimum Gasteiger partial charge on any atom is -0.396 e. The van der Waals surface area contributed by atoms with Crippen LogP contribution >= 0.6 is 0 Å². The lowest BCUT2D eigenvalue weighted by Gasteiger charge is -2.17. The number of carbonyl (C=O) groups is 1. The lowest BCUT2D eigenvalue weighted by atomic mass is 10.1. The number of aliphatic hydroxyl groups excluding tert-OH is 1. The molecule has 0 saturated carbocycles. The highest BCUT2D eigenvalue weighted by molar-refractivity contribution is 6.08. The number of hydrogen-bond donors (Lipinski definition) is 2. The van der Waals surface area contributed by atoms with E-state index in [9.17, 15) is 23.1 Å². The lowest BCUT2D eigenvalue weighted by molar-refractivity contribution is -0.137. The average Bonchev–Trinajstić information content (AvgIpc) is 3.38. The highest BCUT2D eigenvalue weighted by Gasteiger charge is 2.30. The van der Waals surface area contributed by atoms with Crippen molar-refractivity contribution in [2.45, 2.75) is 18.6 Å². The van der Waals surface area contributed by atoms with Crippen LogP contribution in [0.2, 0.25) is 0 Å². The molecule has 36 heavy (non-hydrogen) atoms. The molecule has 8 nitrogen and oxygen atoms in total. The smallest absolute Gasteiger partial charge is 0.396 e. The fourth-order valence-electron chi connectivity index (χ4n) is 4.20. The van der Waals surface area contributed by atoms with Gasteiger partial charge in [-0.3, -0.25) is 14.3 Å². The van der Waals surface area contributed by atoms with Crippen LogP contribution < -0.4 is 5.32 Å². The lowest BCUT2D eigenvalue weighted by Crippen LogP contribution is -2.29. The second-order valence-corrected chi connectivity index (χ2v) is 8.27. The molecular formula is C25H21F3N6O2. The first kappa shape index (κ1) is 23.5. The molecule has 184 valence electrons. The fraction of sp³-hybridized carbons (Fsp3) is 0.200. The number of nitrogens with one attached hydrogen (secondary N) is 1. The van der Waals surface area contributed by atoms with Crippen molar-refractivity contribution in [3.05, 3.63) is 83.7 Å². The molecule has 1 amide bonds. The van der Waals surface area contributed by atoms with Gasteiger partial charge in [-0.05, 0) is 61.0 Å². The number of aryl methyl sites for hydroxylation is 1. The molecule has 0 spiro atoms. The maximum atomic E-state index is 13.1. The third kappa shape index (κ3) is 4.29. The molecule has 0 aliphatic rings. The molecule has 0 aliphatic carbocycles. The summed E-state index contributed by atoms with van der Waals surface area (Å²) in [6.07, 6.45) is -2.53. The third-order valence-electron chi connectivity index (χ3n) is 5.88. The molecule has 11 heteroatoms. The van der Waals surface area contributed by atoms with Crippen molar-refractivity contribution < 1.29 is 23.1 Å². The number of amides is 1. The molecule has 0 aliphatic heterocycles. The Morgan fingerprint density at radius 1 is 1.08 bits per heavy atom. The van der Waals surface area contributed by atoms with E-state index in [0.717, 1.165) is 12.1 Å². The van der Waals surface area contributed by atoms with Gasteiger partial charge < -0.3 is 10.4 Å². The predicted molar refractivity (Wildman–Crippen MR) is 126 cm³/mol. The number of hydrogen-bond acceptors (Lipinski definition) is 5. The van der Waals surface area contributed by atoms with Gasteiger partial charge in [0, 0.05) is 36.5 Å². The minimum atomic E-state index is -4.44. The zero-order valence-electron chi connectivity index (χ0n) is 19.1. The maximum absolute atomic E-state index is 13.1. The number of nitrogens with zero attached hydrogens (tertiary/aromatic N) is 5. The van der Waals surface area contributed by atoms with Crippen LogP contribution in [0, 0.1) is 0 Å². The van der Waals surface area contributed by atoms with Crippen molar-refractivity contribution in [1.29, 1.82) is 0 Å². The zero-order valence-corrected chi connectivity index (χ0v) is 19.1. The number of pyridine rings is 1. The van der Waals surface area contributed by atoms with E-state index in [1.165, 1.54) is 16.9 Å². The normalized spacial score (nSPS) is 12.8. The second-order valence-electron chi connectivity index (χ2n) is 8.27. The quantitative estimate of drug-likeness (QED) is 0.369. The summed E-state index contributed by atoms with van der Waals surface area (Å²) >= 11 is 0. The average molecular weight is 494 g/mol. The Hall–Kier alpha value is -4.25. The van der Waals surface area contributed by atoms with Crippen LogP contribution in [0.5, 0.6) is 0 Å². The molecule has 1 atom stereocenters. The van der Waals surface area contributed by atoms with Crippen LogP contribution in [-0.2, 0) is 13.2 Å². The van der Waals surface area contributed by atoms with E-state index < -0.39 is 17.8 Å². The van der Waals surface area contributed by atoms with E-state index in [4.69, 9.17) is 0 Å². The first-order valence-electron chi connectivity index (χ1n) is 11.1. The molecular weight excluding hydrogens is 473 g/mol. The maximum Gasteiger partial charge on any atom is 0.416 e. The Morgan fingerprint density at radius 3 is 2.53 bits per heavy atom. The van der Waals surface area contributed by atoms with Gasteiger partial charge in [-0.2, -0.15) is 23.1 Å². The molecule has 5 rings (SSSR count). The van der Waals surface area contributed by atoms with Crippen molar-refractivity contribution in [3.8, 4) is 5.69 Å². The topological polar surface area (TPSA) is 97.9 Å². The van der Waals surface area contributed by atoms with Gasteiger partial charge >= 0.3 is 6.18 Å². The molecule has 0 saturated heterocycles. The molecule has 3 heterocycles. The summed E-state index contributed by atoms with van der Waals surface area (Å²) in [5.41, 5.74) is 2.34. The molecule has 5 aromatic rings. The van der Waals surface area contributed by atoms with Gasteiger partial charge in [-0.1, -0.05) is 6.07 Å². The molecule has 0 bridgehead atoms. The Bertz CT molecular complexity index is 1540. The summed E-state index contributed by atoms with van der Waals surface area (Å²) in [6.45, 7) is -0.128. The second kappa shape index (κ2) is 9.08. The Morgan fingerprint density at radius 2 is 1.86 bits per heavy atom. The van der Waals surface area contributed by atoms with Gasteiger partial charge in [0.05, 0.1) is 22.8 Å². The summed E-state index contributed by atoms with van der Waals surface area (Å²) in [6, 6.07) is 14.7. The molecule has 2 N–H and O–H groups in total. The molecule has 3 aromatic heterocycles. The van der Waals surface area contributed by atoms with Gasteiger partial charge in [-0.15, -0.1) is 5.10 Å². The Balaban J connectivity index is 1.55. The van der Waals surface area contributed by atoms with Crippen LogP contribution in [0.25, 0.3) is 27.8 Å². The number of benzene rings is 2. The van der Waals surface area contributed by atoms with Gasteiger partial charge in [0.1, 0.15) is 5.52 Å². The molecule has 2 aromatic carbocycles. The molecule has 1 unspecified atom stereocenters. The standard InChI is InChI=1S/C25H21F3N6O2/c1-33-31-22-18-14-15(24(36)30-20(11-13-35)19-4-2-3-12-29-19)5-10-21(18)34(23(22)32-33)17-8-6-16(7-9-17)25(26,27)28/h2-10,12,14,20,35H,11,13H2,1H3,(H,30,36). The van der Waals surface area contributed by atoms with Gasteiger partial charge in [-0.25, -0.2) is 0 Å². The SMILES string of the molecule is Cn1nc2c3cc(C(=O)NC(CCO)c4ccccn4)ccc3n(-c3ccc(C(F)(F)F)cc3)c2n1. The van der Waals surface area contributed by atoms with E-state index in [1.54, 1.807) is 54.2 Å².